The predicted octanol–water partition coefficient (Wildman–Crippen LogP) is 4.14. The molecule has 2 aromatic rings. The van der Waals surface area contributed by atoms with Crippen LogP contribution in [0, 0.1) is 5.92 Å². The molecule has 1 atom stereocenters. The van der Waals surface area contributed by atoms with Gasteiger partial charge in [0.2, 0.25) is 5.88 Å². The minimum atomic E-state index is -0.520. The zero-order valence-corrected chi connectivity index (χ0v) is 20.2. The van der Waals surface area contributed by atoms with E-state index in [4.69, 9.17) is 14.2 Å². The van der Waals surface area contributed by atoms with Crippen molar-refractivity contribution in [1.29, 1.82) is 0 Å². The van der Waals surface area contributed by atoms with Crippen molar-refractivity contribution in [2.24, 2.45) is 5.92 Å². The van der Waals surface area contributed by atoms with Crippen molar-refractivity contribution in [3.63, 3.8) is 0 Å². The number of nitrogens with one attached hydrogen (secondary N) is 1. The number of amides is 1. The number of pyridine rings is 1. The van der Waals surface area contributed by atoms with E-state index < -0.39 is 17.7 Å². The summed E-state index contributed by atoms with van der Waals surface area (Å²) in [5.41, 5.74) is 1.23. The maximum Gasteiger partial charge on any atom is 0.407 e. The number of aromatic nitrogens is 3. The van der Waals surface area contributed by atoms with Crippen LogP contribution in [0.15, 0.2) is 30.7 Å². The smallest absolute Gasteiger partial charge is 0.407 e. The summed E-state index contributed by atoms with van der Waals surface area (Å²) in [6, 6.07) is 3.27. The molecule has 180 valence electrons. The first kappa shape index (κ1) is 24.5. The van der Waals surface area contributed by atoms with Gasteiger partial charge in [0.15, 0.2) is 6.04 Å². The molecule has 0 bridgehead atoms. The quantitative estimate of drug-likeness (QED) is 0.593. The van der Waals surface area contributed by atoms with Gasteiger partial charge in [0, 0.05) is 42.9 Å². The third-order valence-corrected chi connectivity index (χ3v) is 5.22. The molecule has 1 saturated carbocycles. The average Bonchev–Trinajstić information content (AvgIpc) is 3.14. The Morgan fingerprint density at radius 2 is 1.97 bits per heavy atom. The van der Waals surface area contributed by atoms with Gasteiger partial charge in [-0.05, 0) is 45.2 Å². The zero-order valence-electron chi connectivity index (χ0n) is 20.2. The fourth-order valence-electron chi connectivity index (χ4n) is 3.63. The first-order valence-electron chi connectivity index (χ1n) is 11.4. The molecule has 33 heavy (non-hydrogen) atoms. The van der Waals surface area contributed by atoms with E-state index in [1.165, 1.54) is 0 Å². The SMILES string of the molecule is CCOC(=O)C(C(C)C)n1cc(-c2ccnc(OC3CC(NC(=O)OC(C)(C)C)C3)c2)cn1. The molecule has 9 heteroatoms. The van der Waals surface area contributed by atoms with E-state index in [1.807, 2.05) is 52.9 Å². The molecule has 1 aliphatic rings. The minimum absolute atomic E-state index is 0.0236. The van der Waals surface area contributed by atoms with Gasteiger partial charge in [0.05, 0.1) is 12.8 Å². The Hall–Kier alpha value is -3.10. The van der Waals surface area contributed by atoms with Crippen molar-refractivity contribution in [3.8, 4) is 17.0 Å². The Labute approximate surface area is 194 Å². The van der Waals surface area contributed by atoms with Gasteiger partial charge in [-0.2, -0.15) is 5.10 Å². The lowest BCUT2D eigenvalue weighted by atomic mass is 9.89. The van der Waals surface area contributed by atoms with Crippen molar-refractivity contribution in [1.82, 2.24) is 20.1 Å². The number of carbonyl (C=O) groups is 2. The van der Waals surface area contributed by atoms with Crippen LogP contribution in [-0.2, 0) is 14.3 Å². The highest BCUT2D eigenvalue weighted by Gasteiger charge is 2.33. The van der Waals surface area contributed by atoms with Crippen LogP contribution in [0.1, 0.15) is 60.4 Å². The molecule has 0 spiro atoms. The van der Waals surface area contributed by atoms with Crippen LogP contribution >= 0.6 is 0 Å². The monoisotopic (exact) mass is 458 g/mol. The van der Waals surface area contributed by atoms with E-state index in [9.17, 15) is 9.59 Å². The molecule has 0 saturated heterocycles. The number of alkyl carbamates (subject to hydrolysis) is 1. The fraction of sp³-hybridized carbons (Fsp3) is 0.583. The molecular weight excluding hydrogens is 424 g/mol. The van der Waals surface area contributed by atoms with Crippen molar-refractivity contribution in [2.45, 2.75) is 78.2 Å². The summed E-state index contributed by atoms with van der Waals surface area (Å²) >= 11 is 0. The molecule has 2 aromatic heterocycles. The lowest BCUT2D eigenvalue weighted by Crippen LogP contribution is -2.50. The number of hydrogen-bond acceptors (Lipinski definition) is 7. The van der Waals surface area contributed by atoms with Gasteiger partial charge in [-0.15, -0.1) is 0 Å². The summed E-state index contributed by atoms with van der Waals surface area (Å²) in [6.45, 7) is 11.6. The summed E-state index contributed by atoms with van der Waals surface area (Å²) in [7, 11) is 0. The van der Waals surface area contributed by atoms with Gasteiger partial charge < -0.3 is 19.5 Å². The minimum Gasteiger partial charge on any atom is -0.474 e. The number of rotatable bonds is 8. The van der Waals surface area contributed by atoms with Crippen LogP contribution in [0.3, 0.4) is 0 Å². The number of hydrogen-bond donors (Lipinski definition) is 1. The normalized spacial score (nSPS) is 18.9. The molecule has 9 nitrogen and oxygen atoms in total. The molecular formula is C24H34N4O5. The number of esters is 1. The highest BCUT2D eigenvalue weighted by Crippen LogP contribution is 2.29. The lowest BCUT2D eigenvalue weighted by Gasteiger charge is -2.35. The van der Waals surface area contributed by atoms with Crippen molar-refractivity contribution in [3.05, 3.63) is 30.7 Å². The van der Waals surface area contributed by atoms with Crippen LogP contribution in [0.2, 0.25) is 0 Å². The van der Waals surface area contributed by atoms with Crippen LogP contribution in [-0.4, -0.2) is 51.2 Å². The summed E-state index contributed by atoms with van der Waals surface area (Å²) in [5, 5.41) is 7.26. The van der Waals surface area contributed by atoms with E-state index in [-0.39, 0.29) is 24.0 Å². The standard InChI is InChI=1S/C24H34N4O5/c1-7-31-22(29)21(15(2)3)28-14-17(13-26-28)16-8-9-25-20(10-16)32-19-11-18(12-19)27-23(30)33-24(4,5)6/h8-10,13-15,18-19,21H,7,11-12H2,1-6H3,(H,27,30). The maximum absolute atomic E-state index is 12.4. The van der Waals surface area contributed by atoms with Gasteiger partial charge in [-0.3, -0.25) is 4.68 Å². The lowest BCUT2D eigenvalue weighted by molar-refractivity contribution is -0.149. The number of carbonyl (C=O) groups excluding carboxylic acids is 2. The van der Waals surface area contributed by atoms with E-state index in [0.29, 0.717) is 25.3 Å². The highest BCUT2D eigenvalue weighted by atomic mass is 16.6. The molecule has 0 aromatic carbocycles. The molecule has 1 fully saturated rings. The van der Waals surface area contributed by atoms with Crippen molar-refractivity contribution >= 4 is 12.1 Å². The fourth-order valence-corrected chi connectivity index (χ4v) is 3.63. The highest BCUT2D eigenvalue weighted by molar-refractivity contribution is 5.75. The number of ether oxygens (including phenoxy) is 3. The number of nitrogens with zero attached hydrogens (tertiary/aromatic N) is 3. The summed E-state index contributed by atoms with van der Waals surface area (Å²) in [6.07, 6.45) is 6.19. The second-order valence-electron chi connectivity index (χ2n) is 9.59. The molecule has 1 amide bonds. The van der Waals surface area contributed by atoms with Gasteiger partial charge in [-0.1, -0.05) is 13.8 Å². The second-order valence-corrected chi connectivity index (χ2v) is 9.59. The Kier molecular flexibility index (Phi) is 7.61. The van der Waals surface area contributed by atoms with Gasteiger partial charge in [-0.25, -0.2) is 14.6 Å². The third-order valence-electron chi connectivity index (χ3n) is 5.22. The molecule has 2 heterocycles. The first-order valence-corrected chi connectivity index (χ1v) is 11.4. The topological polar surface area (TPSA) is 105 Å². The zero-order chi connectivity index (χ0) is 24.2. The second kappa shape index (κ2) is 10.2. The van der Waals surface area contributed by atoms with Gasteiger partial charge >= 0.3 is 12.1 Å². The summed E-state index contributed by atoms with van der Waals surface area (Å²) in [5.74, 6) is 0.251. The molecule has 1 aliphatic carbocycles. The maximum atomic E-state index is 12.4. The largest absolute Gasteiger partial charge is 0.474 e. The Bertz CT molecular complexity index is 960. The Morgan fingerprint density at radius 3 is 2.61 bits per heavy atom. The van der Waals surface area contributed by atoms with Crippen LogP contribution in [0.25, 0.3) is 11.1 Å². The molecule has 0 aliphatic heterocycles. The van der Waals surface area contributed by atoms with E-state index in [0.717, 1.165) is 11.1 Å². The molecule has 1 N–H and O–H groups in total. The van der Waals surface area contributed by atoms with Crippen LogP contribution in [0.4, 0.5) is 4.79 Å². The van der Waals surface area contributed by atoms with E-state index >= 15 is 0 Å². The summed E-state index contributed by atoms with van der Waals surface area (Å²) in [4.78, 5) is 28.5. The third kappa shape index (κ3) is 6.69. The molecule has 3 rings (SSSR count). The van der Waals surface area contributed by atoms with Gasteiger partial charge in [0.1, 0.15) is 11.7 Å². The van der Waals surface area contributed by atoms with Crippen molar-refractivity contribution in [2.75, 3.05) is 6.61 Å². The van der Waals surface area contributed by atoms with E-state index in [2.05, 4.69) is 15.4 Å². The Balaban J connectivity index is 1.59. The average molecular weight is 459 g/mol. The van der Waals surface area contributed by atoms with E-state index in [1.54, 1.807) is 24.0 Å². The summed E-state index contributed by atoms with van der Waals surface area (Å²) < 4.78 is 18.1. The van der Waals surface area contributed by atoms with Crippen molar-refractivity contribution < 1.29 is 23.8 Å². The van der Waals surface area contributed by atoms with Crippen LogP contribution < -0.4 is 10.1 Å². The molecule has 1 unspecified atom stereocenters. The predicted molar refractivity (Wildman–Crippen MR) is 123 cm³/mol. The first-order chi connectivity index (χ1) is 15.6. The van der Waals surface area contributed by atoms with Crippen LogP contribution in [0.5, 0.6) is 5.88 Å². The Morgan fingerprint density at radius 1 is 1.24 bits per heavy atom. The molecule has 0 radical (unpaired) electrons. The van der Waals surface area contributed by atoms with Gasteiger partial charge in [0.25, 0.3) is 0 Å².